The SMILES string of the molecule is C[C@@H]1CN(C(=O)c2cccc(S(=O)(=O)N3CCCCCC3)c2)C[C@H]1C(=O)O. The number of carboxylic acids is 1. The van der Waals surface area contributed by atoms with Gasteiger partial charge in [-0.3, -0.25) is 9.59 Å². The van der Waals surface area contributed by atoms with Crippen molar-refractivity contribution in [3.8, 4) is 0 Å². The molecular formula is C19H26N2O5S. The van der Waals surface area contributed by atoms with E-state index in [4.69, 9.17) is 0 Å². The van der Waals surface area contributed by atoms with Crippen molar-refractivity contribution in [1.82, 2.24) is 9.21 Å². The zero-order valence-corrected chi connectivity index (χ0v) is 16.3. The van der Waals surface area contributed by atoms with Crippen LogP contribution in [0.5, 0.6) is 0 Å². The van der Waals surface area contributed by atoms with Gasteiger partial charge < -0.3 is 10.0 Å². The lowest BCUT2D eigenvalue weighted by Gasteiger charge is -2.21. The fourth-order valence-electron chi connectivity index (χ4n) is 3.86. The number of rotatable bonds is 4. The van der Waals surface area contributed by atoms with Gasteiger partial charge in [-0.05, 0) is 37.0 Å². The van der Waals surface area contributed by atoms with Crippen LogP contribution in [-0.2, 0) is 14.8 Å². The second-order valence-corrected chi connectivity index (χ2v) is 9.42. The highest BCUT2D eigenvalue weighted by Gasteiger charge is 2.37. The maximum Gasteiger partial charge on any atom is 0.308 e. The Morgan fingerprint density at radius 1 is 1.07 bits per heavy atom. The maximum atomic E-state index is 13.0. The molecule has 0 bridgehead atoms. The molecule has 1 aromatic rings. The van der Waals surface area contributed by atoms with E-state index >= 15 is 0 Å². The van der Waals surface area contributed by atoms with Crippen LogP contribution >= 0.6 is 0 Å². The van der Waals surface area contributed by atoms with Crippen molar-refractivity contribution >= 4 is 21.9 Å². The molecular weight excluding hydrogens is 368 g/mol. The Balaban J connectivity index is 1.81. The van der Waals surface area contributed by atoms with Crippen molar-refractivity contribution in [2.45, 2.75) is 37.5 Å². The molecule has 0 unspecified atom stereocenters. The van der Waals surface area contributed by atoms with Crippen molar-refractivity contribution < 1.29 is 23.1 Å². The number of amides is 1. The highest BCUT2D eigenvalue weighted by molar-refractivity contribution is 7.89. The molecule has 0 spiro atoms. The lowest BCUT2D eigenvalue weighted by Crippen LogP contribution is -2.33. The zero-order chi connectivity index (χ0) is 19.6. The normalized spacial score (nSPS) is 24.6. The molecule has 148 valence electrons. The summed E-state index contributed by atoms with van der Waals surface area (Å²) in [6, 6.07) is 6.10. The monoisotopic (exact) mass is 394 g/mol. The number of carbonyl (C=O) groups is 2. The summed E-state index contributed by atoms with van der Waals surface area (Å²) < 4.78 is 27.4. The molecule has 8 heteroatoms. The third-order valence-corrected chi connectivity index (χ3v) is 7.40. The fraction of sp³-hybridized carbons (Fsp3) is 0.579. The van der Waals surface area contributed by atoms with Crippen molar-refractivity contribution in [3.63, 3.8) is 0 Å². The summed E-state index contributed by atoms with van der Waals surface area (Å²) in [7, 11) is -3.63. The molecule has 0 saturated carbocycles. The molecule has 1 aromatic carbocycles. The van der Waals surface area contributed by atoms with Crippen molar-refractivity contribution in [2.75, 3.05) is 26.2 Å². The van der Waals surface area contributed by atoms with E-state index in [-0.39, 0.29) is 28.8 Å². The molecule has 1 amide bonds. The number of benzene rings is 1. The van der Waals surface area contributed by atoms with Gasteiger partial charge in [-0.15, -0.1) is 0 Å². The van der Waals surface area contributed by atoms with E-state index in [0.29, 0.717) is 19.6 Å². The molecule has 2 aliphatic rings. The number of carbonyl (C=O) groups excluding carboxylic acids is 1. The first kappa shape index (κ1) is 19.8. The molecule has 27 heavy (non-hydrogen) atoms. The Labute approximate surface area is 160 Å². The van der Waals surface area contributed by atoms with Gasteiger partial charge in [0.2, 0.25) is 10.0 Å². The van der Waals surface area contributed by atoms with Gasteiger partial charge in [0.15, 0.2) is 0 Å². The van der Waals surface area contributed by atoms with Crippen LogP contribution in [0.3, 0.4) is 0 Å². The summed E-state index contributed by atoms with van der Waals surface area (Å²) in [6.45, 7) is 3.33. The molecule has 0 aromatic heterocycles. The van der Waals surface area contributed by atoms with Gasteiger partial charge in [-0.1, -0.05) is 25.8 Å². The van der Waals surface area contributed by atoms with Gasteiger partial charge in [0.1, 0.15) is 0 Å². The van der Waals surface area contributed by atoms with Crippen LogP contribution < -0.4 is 0 Å². The molecule has 2 aliphatic heterocycles. The van der Waals surface area contributed by atoms with Crippen molar-refractivity contribution in [3.05, 3.63) is 29.8 Å². The van der Waals surface area contributed by atoms with E-state index in [2.05, 4.69) is 0 Å². The van der Waals surface area contributed by atoms with Crippen LogP contribution in [0.2, 0.25) is 0 Å². The first-order chi connectivity index (χ1) is 12.8. The molecule has 2 heterocycles. The molecule has 1 N–H and O–H groups in total. The summed E-state index contributed by atoms with van der Waals surface area (Å²) in [5.41, 5.74) is 0.282. The molecule has 2 saturated heterocycles. The van der Waals surface area contributed by atoms with Gasteiger partial charge in [0, 0.05) is 31.7 Å². The zero-order valence-electron chi connectivity index (χ0n) is 15.5. The molecule has 2 atom stereocenters. The maximum absolute atomic E-state index is 13.0. The number of likely N-dealkylation sites (tertiary alicyclic amines) is 1. The third-order valence-electron chi connectivity index (χ3n) is 5.50. The van der Waals surface area contributed by atoms with Gasteiger partial charge in [0.25, 0.3) is 5.91 Å². The molecule has 3 rings (SSSR count). The number of sulfonamides is 1. The summed E-state index contributed by atoms with van der Waals surface area (Å²) in [5.74, 6) is -1.94. The minimum atomic E-state index is -3.63. The number of hydrogen-bond donors (Lipinski definition) is 1. The summed E-state index contributed by atoms with van der Waals surface area (Å²) >= 11 is 0. The third kappa shape index (κ3) is 4.16. The van der Waals surface area contributed by atoms with Crippen LogP contribution in [0.25, 0.3) is 0 Å². The van der Waals surface area contributed by atoms with Crippen LogP contribution in [0.4, 0.5) is 0 Å². The Hall–Kier alpha value is -1.93. The summed E-state index contributed by atoms with van der Waals surface area (Å²) in [4.78, 5) is 25.7. The Kier molecular flexibility index (Phi) is 5.86. The van der Waals surface area contributed by atoms with Gasteiger partial charge >= 0.3 is 5.97 Å². The second-order valence-electron chi connectivity index (χ2n) is 7.48. The minimum absolute atomic E-state index is 0.122. The molecule has 7 nitrogen and oxygen atoms in total. The lowest BCUT2D eigenvalue weighted by molar-refractivity contribution is -0.142. The first-order valence-corrected chi connectivity index (χ1v) is 10.9. The Bertz CT molecular complexity index is 815. The minimum Gasteiger partial charge on any atom is -0.481 e. The van der Waals surface area contributed by atoms with E-state index in [1.165, 1.54) is 21.3 Å². The predicted octanol–water partition coefficient (Wildman–Crippen LogP) is 2.04. The lowest BCUT2D eigenvalue weighted by atomic mass is 9.99. The molecule has 2 fully saturated rings. The number of hydrogen-bond acceptors (Lipinski definition) is 4. The van der Waals surface area contributed by atoms with Gasteiger partial charge in [-0.2, -0.15) is 4.31 Å². The Morgan fingerprint density at radius 3 is 2.33 bits per heavy atom. The van der Waals surface area contributed by atoms with E-state index in [0.717, 1.165) is 25.7 Å². The van der Waals surface area contributed by atoms with E-state index < -0.39 is 21.9 Å². The standard InChI is InChI=1S/C19H26N2O5S/c1-14-12-20(13-17(14)19(23)24)18(22)15-7-6-8-16(11-15)27(25,26)21-9-4-2-3-5-10-21/h6-8,11,14,17H,2-5,9-10,12-13H2,1H3,(H,23,24)/t14-,17-/m1/s1. The Morgan fingerprint density at radius 2 is 1.74 bits per heavy atom. The van der Waals surface area contributed by atoms with Crippen LogP contribution in [-0.4, -0.2) is 60.8 Å². The largest absolute Gasteiger partial charge is 0.481 e. The van der Waals surface area contributed by atoms with Crippen LogP contribution in [0, 0.1) is 11.8 Å². The highest BCUT2D eigenvalue weighted by atomic mass is 32.2. The predicted molar refractivity (Wildman–Crippen MR) is 99.9 cm³/mol. The van der Waals surface area contributed by atoms with Crippen LogP contribution in [0.1, 0.15) is 43.0 Å². The summed E-state index contributed by atoms with van der Waals surface area (Å²) in [5, 5.41) is 9.25. The average molecular weight is 394 g/mol. The van der Waals surface area contributed by atoms with E-state index in [1.54, 1.807) is 12.1 Å². The smallest absolute Gasteiger partial charge is 0.308 e. The topological polar surface area (TPSA) is 95.0 Å². The first-order valence-electron chi connectivity index (χ1n) is 9.43. The van der Waals surface area contributed by atoms with E-state index in [1.807, 2.05) is 6.92 Å². The number of aliphatic carboxylic acids is 1. The average Bonchev–Trinajstić information content (AvgIpc) is 2.85. The van der Waals surface area contributed by atoms with Gasteiger partial charge in [0.05, 0.1) is 10.8 Å². The number of carboxylic acid groups (broad SMARTS) is 1. The molecule has 0 aliphatic carbocycles. The molecule has 0 radical (unpaired) electrons. The quantitative estimate of drug-likeness (QED) is 0.843. The van der Waals surface area contributed by atoms with Crippen molar-refractivity contribution in [2.24, 2.45) is 11.8 Å². The van der Waals surface area contributed by atoms with Crippen molar-refractivity contribution in [1.29, 1.82) is 0 Å². The fourth-order valence-corrected chi connectivity index (χ4v) is 5.42. The van der Waals surface area contributed by atoms with Crippen LogP contribution in [0.15, 0.2) is 29.2 Å². The number of nitrogens with zero attached hydrogens (tertiary/aromatic N) is 2. The van der Waals surface area contributed by atoms with Gasteiger partial charge in [-0.25, -0.2) is 8.42 Å². The summed E-state index contributed by atoms with van der Waals surface area (Å²) in [6.07, 6.45) is 3.76. The highest BCUT2D eigenvalue weighted by Crippen LogP contribution is 2.26. The van der Waals surface area contributed by atoms with E-state index in [9.17, 15) is 23.1 Å². The second kappa shape index (κ2) is 7.98.